The molecule has 0 aliphatic carbocycles. The van der Waals surface area contributed by atoms with Crippen LogP contribution in [0.3, 0.4) is 0 Å². The third kappa shape index (κ3) is 2.72. The molecule has 5 nitrogen and oxygen atoms in total. The minimum atomic E-state index is 0.00987. The average molecular weight is 271 g/mol. The van der Waals surface area contributed by atoms with Crippen LogP contribution in [0.5, 0.6) is 0 Å². The van der Waals surface area contributed by atoms with E-state index in [1.165, 1.54) is 17.5 Å². The van der Waals surface area contributed by atoms with Crippen LogP contribution in [0.25, 0.3) is 0 Å². The average Bonchev–Trinajstić information content (AvgIpc) is 2.96. The maximum atomic E-state index is 4.19. The van der Waals surface area contributed by atoms with E-state index >= 15 is 0 Å². The number of aromatic amines is 1. The number of aryl methyl sites for hydroxylation is 1. The molecule has 0 bridgehead atoms. The number of hydrogen-bond donors (Lipinski definition) is 1. The van der Waals surface area contributed by atoms with Gasteiger partial charge in [-0.05, 0) is 31.9 Å². The van der Waals surface area contributed by atoms with Gasteiger partial charge in [0.2, 0.25) is 0 Å². The highest BCUT2D eigenvalue weighted by molar-refractivity contribution is 5.21. The molecular formula is C15H21N5. The van der Waals surface area contributed by atoms with Crippen LogP contribution in [0.2, 0.25) is 0 Å². The Balaban J connectivity index is 1.70. The van der Waals surface area contributed by atoms with E-state index in [-0.39, 0.29) is 5.41 Å². The zero-order valence-corrected chi connectivity index (χ0v) is 12.1. The fourth-order valence-electron chi connectivity index (χ4n) is 3.03. The van der Waals surface area contributed by atoms with E-state index in [4.69, 9.17) is 0 Å². The molecule has 1 unspecified atom stereocenters. The third-order valence-electron chi connectivity index (χ3n) is 4.19. The summed E-state index contributed by atoms with van der Waals surface area (Å²) in [5, 5.41) is 14.7. The minimum absolute atomic E-state index is 0.00987. The lowest BCUT2D eigenvalue weighted by Gasteiger charge is -2.38. The van der Waals surface area contributed by atoms with Crippen molar-refractivity contribution in [3.63, 3.8) is 0 Å². The SMILES string of the molecule is Cc1ccc(CN2CCCC(C)(c3nn[nH]n3)C2)cc1. The van der Waals surface area contributed by atoms with Gasteiger partial charge in [-0.15, -0.1) is 10.2 Å². The smallest absolute Gasteiger partial charge is 0.181 e. The quantitative estimate of drug-likeness (QED) is 0.928. The Kier molecular flexibility index (Phi) is 3.53. The second-order valence-electron chi connectivity index (χ2n) is 6.10. The number of likely N-dealkylation sites (tertiary alicyclic amines) is 1. The zero-order chi connectivity index (χ0) is 14.0. The van der Waals surface area contributed by atoms with Crippen molar-refractivity contribution in [1.29, 1.82) is 0 Å². The summed E-state index contributed by atoms with van der Waals surface area (Å²) in [6.45, 7) is 7.48. The highest BCUT2D eigenvalue weighted by Gasteiger charge is 2.36. The van der Waals surface area contributed by atoms with E-state index in [9.17, 15) is 0 Å². The van der Waals surface area contributed by atoms with Crippen molar-refractivity contribution in [3.8, 4) is 0 Å². The Bertz CT molecular complexity index is 548. The highest BCUT2D eigenvalue weighted by atomic mass is 15.5. The number of rotatable bonds is 3. The molecule has 0 radical (unpaired) electrons. The van der Waals surface area contributed by atoms with Gasteiger partial charge in [0, 0.05) is 18.5 Å². The summed E-state index contributed by atoms with van der Waals surface area (Å²) < 4.78 is 0. The number of nitrogens with zero attached hydrogens (tertiary/aromatic N) is 4. The second-order valence-corrected chi connectivity index (χ2v) is 6.10. The van der Waals surface area contributed by atoms with E-state index in [1.54, 1.807) is 0 Å². The Hall–Kier alpha value is -1.75. The maximum absolute atomic E-state index is 4.19. The molecule has 1 aliphatic rings. The van der Waals surface area contributed by atoms with Crippen molar-refractivity contribution in [2.45, 2.75) is 38.6 Å². The summed E-state index contributed by atoms with van der Waals surface area (Å²) in [4.78, 5) is 2.49. The van der Waals surface area contributed by atoms with E-state index in [0.29, 0.717) is 0 Å². The lowest BCUT2D eigenvalue weighted by Crippen LogP contribution is -2.44. The normalized spacial score (nSPS) is 23.9. The van der Waals surface area contributed by atoms with Gasteiger partial charge in [-0.25, -0.2) is 0 Å². The van der Waals surface area contributed by atoms with Gasteiger partial charge < -0.3 is 0 Å². The number of benzene rings is 1. The molecule has 5 heteroatoms. The molecule has 1 aliphatic heterocycles. The fraction of sp³-hybridized carbons (Fsp3) is 0.533. The van der Waals surface area contributed by atoms with Gasteiger partial charge in [-0.3, -0.25) is 4.90 Å². The number of H-pyrrole nitrogens is 1. The molecule has 1 aromatic heterocycles. The molecule has 106 valence electrons. The first-order chi connectivity index (χ1) is 9.66. The van der Waals surface area contributed by atoms with Crippen LogP contribution in [0, 0.1) is 6.92 Å². The van der Waals surface area contributed by atoms with E-state index in [1.807, 2.05) is 0 Å². The first-order valence-electron chi connectivity index (χ1n) is 7.18. The Morgan fingerprint density at radius 2 is 2.10 bits per heavy atom. The van der Waals surface area contributed by atoms with Gasteiger partial charge in [-0.2, -0.15) is 5.21 Å². The fourth-order valence-corrected chi connectivity index (χ4v) is 3.03. The van der Waals surface area contributed by atoms with Crippen LogP contribution in [-0.4, -0.2) is 38.6 Å². The molecule has 0 saturated carbocycles. The monoisotopic (exact) mass is 271 g/mol. The summed E-state index contributed by atoms with van der Waals surface area (Å²) in [6.07, 6.45) is 2.30. The lowest BCUT2D eigenvalue weighted by molar-refractivity contribution is 0.144. The number of nitrogens with one attached hydrogen (secondary N) is 1. The molecule has 2 heterocycles. The summed E-state index contributed by atoms with van der Waals surface area (Å²) in [5.41, 5.74) is 2.69. The van der Waals surface area contributed by atoms with Gasteiger partial charge >= 0.3 is 0 Å². The van der Waals surface area contributed by atoms with Crippen LogP contribution in [0.15, 0.2) is 24.3 Å². The Morgan fingerprint density at radius 1 is 1.30 bits per heavy atom. The largest absolute Gasteiger partial charge is 0.298 e. The van der Waals surface area contributed by atoms with Gasteiger partial charge in [0.15, 0.2) is 5.82 Å². The molecule has 1 aromatic carbocycles. The highest BCUT2D eigenvalue weighted by Crippen LogP contribution is 2.31. The first-order valence-corrected chi connectivity index (χ1v) is 7.18. The molecule has 1 N–H and O–H groups in total. The molecule has 1 atom stereocenters. The van der Waals surface area contributed by atoms with Crippen LogP contribution < -0.4 is 0 Å². The van der Waals surface area contributed by atoms with Crippen molar-refractivity contribution in [2.24, 2.45) is 0 Å². The van der Waals surface area contributed by atoms with Gasteiger partial charge in [-0.1, -0.05) is 42.0 Å². The molecular weight excluding hydrogens is 250 g/mol. The third-order valence-corrected chi connectivity index (χ3v) is 4.19. The maximum Gasteiger partial charge on any atom is 0.181 e. The summed E-state index contributed by atoms with van der Waals surface area (Å²) in [6, 6.07) is 8.79. The van der Waals surface area contributed by atoms with E-state index in [2.05, 4.69) is 63.6 Å². The molecule has 1 fully saturated rings. The molecule has 20 heavy (non-hydrogen) atoms. The van der Waals surface area contributed by atoms with Crippen LogP contribution >= 0.6 is 0 Å². The topological polar surface area (TPSA) is 57.7 Å². The molecule has 1 saturated heterocycles. The van der Waals surface area contributed by atoms with Crippen molar-refractivity contribution in [2.75, 3.05) is 13.1 Å². The lowest BCUT2D eigenvalue weighted by atomic mass is 9.81. The summed E-state index contributed by atoms with van der Waals surface area (Å²) in [7, 11) is 0. The first kappa shape index (κ1) is 13.2. The predicted molar refractivity (Wildman–Crippen MR) is 77.2 cm³/mol. The van der Waals surface area contributed by atoms with Crippen LogP contribution in [0.4, 0.5) is 0 Å². The summed E-state index contributed by atoms with van der Waals surface area (Å²) >= 11 is 0. The summed E-state index contributed by atoms with van der Waals surface area (Å²) in [5.74, 6) is 0.839. The second kappa shape index (κ2) is 5.32. The standard InChI is InChI=1S/C15H21N5/c1-12-4-6-13(7-5-12)10-20-9-3-8-15(2,11-20)14-16-18-19-17-14/h4-7H,3,8-11H2,1-2H3,(H,16,17,18,19). The Morgan fingerprint density at radius 3 is 2.80 bits per heavy atom. The number of piperidine rings is 1. The molecule has 2 aromatic rings. The number of aromatic nitrogens is 4. The van der Waals surface area contributed by atoms with Crippen LogP contribution in [0.1, 0.15) is 36.7 Å². The Labute approximate surface area is 119 Å². The minimum Gasteiger partial charge on any atom is -0.298 e. The van der Waals surface area contributed by atoms with Gasteiger partial charge in [0.1, 0.15) is 0 Å². The van der Waals surface area contributed by atoms with Crippen molar-refractivity contribution >= 4 is 0 Å². The predicted octanol–water partition coefficient (Wildman–Crippen LogP) is 2.06. The molecule has 3 rings (SSSR count). The molecule has 0 amide bonds. The van der Waals surface area contributed by atoms with Crippen molar-refractivity contribution < 1.29 is 0 Å². The van der Waals surface area contributed by atoms with Gasteiger partial charge in [0.25, 0.3) is 0 Å². The van der Waals surface area contributed by atoms with E-state index in [0.717, 1.165) is 31.9 Å². The van der Waals surface area contributed by atoms with Crippen LogP contribution in [-0.2, 0) is 12.0 Å². The number of tetrazole rings is 1. The van der Waals surface area contributed by atoms with Crippen molar-refractivity contribution in [3.05, 3.63) is 41.2 Å². The van der Waals surface area contributed by atoms with E-state index < -0.39 is 0 Å². The zero-order valence-electron chi connectivity index (χ0n) is 12.1. The van der Waals surface area contributed by atoms with Gasteiger partial charge in [0.05, 0.1) is 0 Å². The molecule has 0 spiro atoms. The number of hydrogen-bond acceptors (Lipinski definition) is 4. The van der Waals surface area contributed by atoms with Crippen molar-refractivity contribution in [1.82, 2.24) is 25.5 Å².